The van der Waals surface area contributed by atoms with E-state index in [1.807, 2.05) is 20.8 Å². The van der Waals surface area contributed by atoms with E-state index < -0.39 is 20.8 Å². The molecule has 0 aromatic heterocycles. The van der Waals surface area contributed by atoms with Crippen molar-refractivity contribution in [3.63, 3.8) is 0 Å². The van der Waals surface area contributed by atoms with E-state index in [1.54, 1.807) is 0 Å². The minimum Gasteiger partial charge on any atom is -0.297 e. The third-order valence-corrected chi connectivity index (χ3v) is 6.64. The van der Waals surface area contributed by atoms with Crippen LogP contribution in [0, 0.1) is 16.7 Å². The van der Waals surface area contributed by atoms with Gasteiger partial charge in [-0.3, -0.25) is 8.98 Å². The third kappa shape index (κ3) is 1.13. The van der Waals surface area contributed by atoms with Crippen molar-refractivity contribution < 1.29 is 17.4 Å². The van der Waals surface area contributed by atoms with Gasteiger partial charge in [0.25, 0.3) is 10.1 Å². The van der Waals surface area contributed by atoms with Crippen molar-refractivity contribution >= 4 is 15.9 Å². The minimum atomic E-state index is -3.74. The molecule has 2 saturated carbocycles. The predicted molar refractivity (Wildman–Crippen MR) is 59.3 cm³/mol. The molecule has 0 unspecified atom stereocenters. The molecule has 92 valence electrons. The number of ketones is 1. The average molecular weight is 246 g/mol. The summed E-state index contributed by atoms with van der Waals surface area (Å²) < 4.78 is 28.1. The van der Waals surface area contributed by atoms with Gasteiger partial charge in [-0.1, -0.05) is 20.8 Å². The first-order valence-corrected chi connectivity index (χ1v) is 6.99. The molecular weight excluding hydrogens is 228 g/mol. The molecule has 5 heteroatoms. The van der Waals surface area contributed by atoms with Gasteiger partial charge >= 0.3 is 0 Å². The van der Waals surface area contributed by atoms with E-state index in [9.17, 15) is 13.2 Å². The van der Waals surface area contributed by atoms with E-state index in [4.69, 9.17) is 0 Å². The molecule has 0 heterocycles. The molecule has 0 radical (unpaired) electrons. The van der Waals surface area contributed by atoms with E-state index in [0.717, 1.165) is 20.0 Å². The minimum absolute atomic E-state index is 0.102. The lowest BCUT2D eigenvalue weighted by Crippen LogP contribution is -2.39. The highest BCUT2D eigenvalue weighted by Crippen LogP contribution is 2.64. The number of hydrogen-bond acceptors (Lipinski definition) is 4. The standard InChI is InChI=1S/C11H18O4S/c1-10(2)7-5-6-11(10,3)9(12)8(7)16(13,14)15-4/h7-8H,5-6H2,1-4H3/t7-,8-,11+/m1/s1. The second kappa shape index (κ2) is 3.07. The highest BCUT2D eigenvalue weighted by Gasteiger charge is 2.69. The summed E-state index contributed by atoms with van der Waals surface area (Å²) >= 11 is 0. The van der Waals surface area contributed by atoms with Gasteiger partial charge in [-0.15, -0.1) is 0 Å². The van der Waals surface area contributed by atoms with Crippen molar-refractivity contribution in [2.45, 2.75) is 38.9 Å². The van der Waals surface area contributed by atoms with Crippen LogP contribution in [0.2, 0.25) is 0 Å². The summed E-state index contributed by atoms with van der Waals surface area (Å²) in [6, 6.07) is 0. The highest BCUT2D eigenvalue weighted by molar-refractivity contribution is 7.88. The molecule has 2 fully saturated rings. The Hall–Kier alpha value is -0.420. The third-order valence-electron chi connectivity index (χ3n) is 5.02. The molecule has 0 amide bonds. The molecule has 16 heavy (non-hydrogen) atoms. The van der Waals surface area contributed by atoms with Crippen molar-refractivity contribution in [3.05, 3.63) is 0 Å². The van der Waals surface area contributed by atoms with Gasteiger partial charge in [0.15, 0.2) is 5.78 Å². The van der Waals surface area contributed by atoms with Gasteiger partial charge < -0.3 is 0 Å². The number of carbonyl (C=O) groups is 1. The molecule has 3 atom stereocenters. The Labute approximate surface area is 96.5 Å². The van der Waals surface area contributed by atoms with Crippen molar-refractivity contribution in [3.8, 4) is 0 Å². The molecule has 2 bridgehead atoms. The van der Waals surface area contributed by atoms with Crippen LogP contribution < -0.4 is 0 Å². The monoisotopic (exact) mass is 246 g/mol. The van der Waals surface area contributed by atoms with Crippen LogP contribution in [-0.2, 0) is 19.1 Å². The van der Waals surface area contributed by atoms with Crippen LogP contribution in [0.25, 0.3) is 0 Å². The summed E-state index contributed by atoms with van der Waals surface area (Å²) in [5.74, 6) is -0.259. The second-order valence-corrected chi connectivity index (χ2v) is 7.47. The summed E-state index contributed by atoms with van der Waals surface area (Å²) in [7, 11) is -2.61. The Bertz CT molecular complexity index is 437. The summed E-state index contributed by atoms with van der Waals surface area (Å²) in [5, 5.41) is -0.953. The van der Waals surface area contributed by atoms with Gasteiger partial charge in [-0.25, -0.2) is 0 Å². The number of carbonyl (C=O) groups excluding carboxylic acids is 1. The maximum absolute atomic E-state index is 12.3. The van der Waals surface area contributed by atoms with Gasteiger partial charge in [-0.2, -0.15) is 8.42 Å². The van der Waals surface area contributed by atoms with Crippen molar-refractivity contribution in [2.75, 3.05) is 7.11 Å². The average Bonchev–Trinajstić information content (AvgIpc) is 2.49. The number of fused-ring (bicyclic) bond motifs is 2. The lowest BCUT2D eigenvalue weighted by atomic mass is 9.70. The van der Waals surface area contributed by atoms with Crippen molar-refractivity contribution in [1.29, 1.82) is 0 Å². The Kier molecular flexibility index (Phi) is 2.31. The fourth-order valence-electron chi connectivity index (χ4n) is 3.44. The zero-order valence-electron chi connectivity index (χ0n) is 10.1. The molecule has 2 rings (SSSR count). The molecular formula is C11H18O4S. The van der Waals surface area contributed by atoms with Crippen LogP contribution in [0.5, 0.6) is 0 Å². The maximum atomic E-state index is 12.3. The van der Waals surface area contributed by atoms with E-state index in [1.165, 1.54) is 0 Å². The zero-order chi connectivity index (χ0) is 12.4. The van der Waals surface area contributed by atoms with Crippen LogP contribution in [0.4, 0.5) is 0 Å². The molecule has 0 saturated heterocycles. The lowest BCUT2D eigenvalue weighted by Gasteiger charge is -2.32. The Morgan fingerprint density at radius 3 is 2.25 bits per heavy atom. The summed E-state index contributed by atoms with van der Waals surface area (Å²) in [4.78, 5) is 12.3. The van der Waals surface area contributed by atoms with Gasteiger partial charge in [0, 0.05) is 5.41 Å². The lowest BCUT2D eigenvalue weighted by molar-refractivity contribution is -0.128. The first-order valence-electron chi connectivity index (χ1n) is 5.52. The molecule has 0 N–H and O–H groups in total. The largest absolute Gasteiger partial charge is 0.297 e. The smallest absolute Gasteiger partial charge is 0.277 e. The molecule has 0 aromatic rings. The van der Waals surface area contributed by atoms with Crippen molar-refractivity contribution in [1.82, 2.24) is 0 Å². The Morgan fingerprint density at radius 2 is 1.88 bits per heavy atom. The van der Waals surface area contributed by atoms with Gasteiger partial charge in [0.05, 0.1) is 7.11 Å². The van der Waals surface area contributed by atoms with E-state index >= 15 is 0 Å². The van der Waals surface area contributed by atoms with E-state index in [-0.39, 0.29) is 17.1 Å². The zero-order valence-corrected chi connectivity index (χ0v) is 10.9. The van der Waals surface area contributed by atoms with Crippen LogP contribution in [0.1, 0.15) is 33.6 Å². The molecule has 0 spiro atoms. The summed E-state index contributed by atoms with van der Waals surface area (Å²) in [6.07, 6.45) is 1.59. The van der Waals surface area contributed by atoms with Gasteiger partial charge in [0.1, 0.15) is 5.25 Å². The summed E-state index contributed by atoms with van der Waals surface area (Å²) in [5.41, 5.74) is -0.756. The maximum Gasteiger partial charge on any atom is 0.277 e. The van der Waals surface area contributed by atoms with Gasteiger partial charge in [0.2, 0.25) is 0 Å². The highest BCUT2D eigenvalue weighted by atomic mass is 32.2. The number of Topliss-reactive ketones (excluding diaryl/α,β-unsaturated/α-hetero) is 1. The van der Waals surface area contributed by atoms with E-state index in [2.05, 4.69) is 4.18 Å². The van der Waals surface area contributed by atoms with Crippen LogP contribution in [0.15, 0.2) is 0 Å². The van der Waals surface area contributed by atoms with Crippen molar-refractivity contribution in [2.24, 2.45) is 16.7 Å². The Balaban J connectivity index is 2.53. The molecule has 2 aliphatic carbocycles. The normalized spacial score (nSPS) is 41.6. The van der Waals surface area contributed by atoms with Crippen LogP contribution in [-0.4, -0.2) is 26.6 Å². The number of hydrogen-bond donors (Lipinski definition) is 0. The quantitative estimate of drug-likeness (QED) is 0.690. The van der Waals surface area contributed by atoms with Gasteiger partial charge in [-0.05, 0) is 24.2 Å². The predicted octanol–water partition coefficient (Wildman–Crippen LogP) is 1.36. The van der Waals surface area contributed by atoms with Crippen LogP contribution >= 0.6 is 0 Å². The molecule has 2 aliphatic rings. The van der Waals surface area contributed by atoms with E-state index in [0.29, 0.717) is 0 Å². The molecule has 4 nitrogen and oxygen atoms in total. The molecule has 0 aromatic carbocycles. The molecule has 0 aliphatic heterocycles. The second-order valence-electron chi connectivity index (χ2n) is 5.64. The topological polar surface area (TPSA) is 60.4 Å². The Morgan fingerprint density at radius 1 is 1.31 bits per heavy atom. The first-order chi connectivity index (χ1) is 7.18. The fraction of sp³-hybridized carbons (Fsp3) is 0.909. The SMILES string of the molecule is COS(=O)(=O)[C@H]1C(=O)[C@]2(C)CC[C@H]1C2(C)C. The van der Waals surface area contributed by atoms with Crippen LogP contribution in [0.3, 0.4) is 0 Å². The fourth-order valence-corrected chi connectivity index (χ4v) is 5.05. The number of rotatable bonds is 2. The first kappa shape index (κ1) is 12.0. The summed E-state index contributed by atoms with van der Waals surface area (Å²) in [6.45, 7) is 5.88.